The summed E-state index contributed by atoms with van der Waals surface area (Å²) in [6.45, 7) is 23.5. The Morgan fingerprint density at radius 3 is 1.27 bits per heavy atom. The maximum atomic E-state index is 12.7. The van der Waals surface area contributed by atoms with Gasteiger partial charge in [0.2, 0.25) is 0 Å². The largest absolute Gasteiger partial charge is 0.386 e. The summed E-state index contributed by atoms with van der Waals surface area (Å²) < 4.78 is 5.13. The molecule has 3 nitrogen and oxygen atoms in total. The molecule has 2 rings (SSSR count). The number of hydrogen-bond donors (Lipinski definition) is 0. The highest BCUT2D eigenvalue weighted by atomic mass is 16.6. The minimum atomic E-state index is -0.499. The molecule has 26 heavy (non-hydrogen) atoms. The Morgan fingerprint density at radius 2 is 0.962 bits per heavy atom. The van der Waals surface area contributed by atoms with Crippen molar-refractivity contribution in [2.24, 2.45) is 0 Å². The lowest BCUT2D eigenvalue weighted by molar-refractivity contribution is 0.0442. The standard InChI is InChI=1S/C23H34O3/c1-12(2)13-16(21(3,4)5)14-15(20(25)26-19(14)24)18(23(9,10)11)17(13)22(6,7)8/h12H,1-11H3. The van der Waals surface area contributed by atoms with Crippen molar-refractivity contribution in [1.29, 1.82) is 0 Å². The molecule has 1 aliphatic rings. The summed E-state index contributed by atoms with van der Waals surface area (Å²) in [5.74, 6) is -0.766. The van der Waals surface area contributed by atoms with E-state index in [0.29, 0.717) is 11.1 Å². The number of carbonyl (C=O) groups excluding carboxylic acids is 2. The van der Waals surface area contributed by atoms with Crippen molar-refractivity contribution in [3.05, 3.63) is 33.4 Å². The van der Waals surface area contributed by atoms with Crippen molar-refractivity contribution < 1.29 is 14.3 Å². The van der Waals surface area contributed by atoms with E-state index in [0.717, 1.165) is 11.1 Å². The van der Waals surface area contributed by atoms with E-state index in [1.54, 1.807) is 0 Å². The van der Waals surface area contributed by atoms with E-state index < -0.39 is 11.9 Å². The summed E-state index contributed by atoms with van der Waals surface area (Å²) in [4.78, 5) is 25.5. The van der Waals surface area contributed by atoms with Gasteiger partial charge in [0.05, 0.1) is 11.1 Å². The van der Waals surface area contributed by atoms with Crippen molar-refractivity contribution >= 4 is 11.9 Å². The zero-order valence-corrected chi connectivity index (χ0v) is 18.3. The first-order valence-electron chi connectivity index (χ1n) is 9.51. The fraction of sp³-hybridized carbons (Fsp3) is 0.652. The van der Waals surface area contributed by atoms with Crippen molar-refractivity contribution in [1.82, 2.24) is 0 Å². The number of cyclic esters (lactones) is 2. The van der Waals surface area contributed by atoms with Crippen LogP contribution in [0.2, 0.25) is 0 Å². The summed E-state index contributed by atoms with van der Waals surface area (Å²) in [5.41, 5.74) is 4.58. The van der Waals surface area contributed by atoms with Crippen molar-refractivity contribution in [3.63, 3.8) is 0 Å². The quantitative estimate of drug-likeness (QED) is 0.456. The molecule has 0 fully saturated rings. The van der Waals surface area contributed by atoms with Crippen LogP contribution in [-0.4, -0.2) is 11.9 Å². The Morgan fingerprint density at radius 1 is 0.615 bits per heavy atom. The highest BCUT2D eigenvalue weighted by molar-refractivity contribution is 6.17. The molecule has 0 unspecified atom stereocenters. The minimum absolute atomic E-state index is 0.164. The zero-order chi connectivity index (χ0) is 20.4. The van der Waals surface area contributed by atoms with Crippen LogP contribution in [-0.2, 0) is 21.0 Å². The van der Waals surface area contributed by atoms with E-state index >= 15 is 0 Å². The summed E-state index contributed by atoms with van der Waals surface area (Å²) in [5, 5.41) is 0. The van der Waals surface area contributed by atoms with Gasteiger partial charge < -0.3 is 4.74 Å². The predicted octanol–water partition coefficient (Wildman–Crippen LogP) is 6.01. The third-order valence-electron chi connectivity index (χ3n) is 4.96. The number of fused-ring (bicyclic) bond motifs is 1. The third kappa shape index (κ3) is 3.21. The van der Waals surface area contributed by atoms with Gasteiger partial charge in [0.25, 0.3) is 0 Å². The first-order valence-corrected chi connectivity index (χ1v) is 9.51. The second-order valence-corrected chi connectivity index (χ2v) is 10.9. The van der Waals surface area contributed by atoms with Gasteiger partial charge in [-0.3, -0.25) is 0 Å². The molecule has 0 radical (unpaired) electrons. The van der Waals surface area contributed by atoms with Crippen LogP contribution in [0, 0.1) is 0 Å². The molecule has 1 heterocycles. The molecule has 0 aromatic heterocycles. The topological polar surface area (TPSA) is 43.4 Å². The molecule has 0 atom stereocenters. The highest BCUT2D eigenvalue weighted by Gasteiger charge is 2.45. The molecule has 0 saturated carbocycles. The van der Waals surface area contributed by atoms with Gasteiger partial charge in [0.1, 0.15) is 0 Å². The minimum Gasteiger partial charge on any atom is -0.386 e. The Labute approximate surface area is 158 Å². The number of rotatable bonds is 1. The van der Waals surface area contributed by atoms with Crippen LogP contribution in [0.5, 0.6) is 0 Å². The van der Waals surface area contributed by atoms with E-state index in [1.807, 2.05) is 0 Å². The Hall–Kier alpha value is -1.64. The highest BCUT2D eigenvalue weighted by Crippen LogP contribution is 2.49. The van der Waals surface area contributed by atoms with Gasteiger partial charge in [0, 0.05) is 0 Å². The molecular weight excluding hydrogens is 324 g/mol. The van der Waals surface area contributed by atoms with E-state index in [-0.39, 0.29) is 22.2 Å². The monoisotopic (exact) mass is 358 g/mol. The average Bonchev–Trinajstić information content (AvgIpc) is 2.68. The van der Waals surface area contributed by atoms with Crippen molar-refractivity contribution in [2.75, 3.05) is 0 Å². The Balaban J connectivity index is 3.28. The predicted molar refractivity (Wildman–Crippen MR) is 106 cm³/mol. The van der Waals surface area contributed by atoms with Gasteiger partial charge in [-0.05, 0) is 44.4 Å². The van der Waals surface area contributed by atoms with Gasteiger partial charge in [-0.2, -0.15) is 0 Å². The second-order valence-electron chi connectivity index (χ2n) is 10.9. The summed E-state index contributed by atoms with van der Waals surface area (Å²) in [7, 11) is 0. The van der Waals surface area contributed by atoms with Crippen LogP contribution in [0.1, 0.15) is 125 Å². The molecule has 0 bridgehead atoms. The number of ether oxygens (including phenoxy) is 1. The molecule has 3 heteroatoms. The zero-order valence-electron chi connectivity index (χ0n) is 18.3. The molecule has 0 N–H and O–H groups in total. The van der Waals surface area contributed by atoms with Crippen LogP contribution >= 0.6 is 0 Å². The van der Waals surface area contributed by atoms with Crippen LogP contribution in [0.4, 0.5) is 0 Å². The molecule has 1 aliphatic heterocycles. The number of esters is 2. The van der Waals surface area contributed by atoms with Crippen LogP contribution in [0.25, 0.3) is 0 Å². The first kappa shape index (κ1) is 20.7. The van der Waals surface area contributed by atoms with Crippen molar-refractivity contribution in [2.45, 2.75) is 98.3 Å². The Kier molecular flexibility index (Phi) is 4.72. The molecule has 0 amide bonds. The molecule has 0 spiro atoms. The van der Waals surface area contributed by atoms with Crippen LogP contribution < -0.4 is 0 Å². The fourth-order valence-corrected chi connectivity index (χ4v) is 4.25. The number of hydrogen-bond acceptors (Lipinski definition) is 3. The van der Waals surface area contributed by atoms with E-state index in [9.17, 15) is 9.59 Å². The molecule has 1 aromatic rings. The first-order chi connectivity index (χ1) is 11.5. The summed E-state index contributed by atoms with van der Waals surface area (Å²) in [6, 6.07) is 0. The molecule has 1 aromatic carbocycles. The summed E-state index contributed by atoms with van der Waals surface area (Å²) >= 11 is 0. The Bertz CT molecular complexity index is 776. The molecule has 144 valence electrons. The van der Waals surface area contributed by atoms with E-state index in [2.05, 4.69) is 76.2 Å². The summed E-state index contributed by atoms with van der Waals surface area (Å²) in [6.07, 6.45) is 0. The van der Waals surface area contributed by atoms with Gasteiger partial charge >= 0.3 is 11.9 Å². The smallest absolute Gasteiger partial charge is 0.347 e. The normalized spacial score (nSPS) is 15.5. The van der Waals surface area contributed by atoms with Crippen molar-refractivity contribution in [3.8, 4) is 0 Å². The molecule has 0 aliphatic carbocycles. The number of benzene rings is 1. The van der Waals surface area contributed by atoms with Gasteiger partial charge in [0.15, 0.2) is 0 Å². The second kappa shape index (κ2) is 5.94. The van der Waals surface area contributed by atoms with Gasteiger partial charge in [-0.1, -0.05) is 76.2 Å². The van der Waals surface area contributed by atoms with Gasteiger partial charge in [-0.25, -0.2) is 9.59 Å². The van der Waals surface area contributed by atoms with Crippen LogP contribution in [0.15, 0.2) is 0 Å². The average molecular weight is 359 g/mol. The lowest BCUT2D eigenvalue weighted by Crippen LogP contribution is -2.31. The van der Waals surface area contributed by atoms with Crippen LogP contribution in [0.3, 0.4) is 0 Å². The molecular formula is C23H34O3. The maximum Gasteiger partial charge on any atom is 0.347 e. The third-order valence-corrected chi connectivity index (χ3v) is 4.96. The number of carbonyl (C=O) groups is 2. The fourth-order valence-electron chi connectivity index (χ4n) is 4.25. The maximum absolute atomic E-state index is 12.7. The molecule has 0 saturated heterocycles. The van der Waals surface area contributed by atoms with E-state index in [1.165, 1.54) is 11.1 Å². The lowest BCUT2D eigenvalue weighted by atomic mass is 9.64. The lowest BCUT2D eigenvalue weighted by Gasteiger charge is -2.38. The van der Waals surface area contributed by atoms with Gasteiger partial charge in [-0.15, -0.1) is 0 Å². The SMILES string of the molecule is CC(C)c1c(C(C)(C)C)c2c(c(C(C)(C)C)c1C(C)(C)C)C(=O)OC2=O. The van der Waals surface area contributed by atoms with E-state index in [4.69, 9.17) is 4.74 Å².